The summed E-state index contributed by atoms with van der Waals surface area (Å²) in [5.41, 5.74) is 0. The fraction of sp³-hybridized carbons (Fsp3) is 1.00. The Morgan fingerprint density at radius 2 is 1.48 bits per heavy atom. The van der Waals surface area contributed by atoms with Gasteiger partial charge in [0, 0.05) is 13.5 Å². The van der Waals surface area contributed by atoms with Gasteiger partial charge in [-0.1, -0.05) is 51.9 Å². The molecule has 138 valence electrons. The number of aliphatic hydroxyl groups excluding tert-OH is 4. The summed E-state index contributed by atoms with van der Waals surface area (Å²) >= 11 is 0. The van der Waals surface area contributed by atoms with Gasteiger partial charge in [0.05, 0.1) is 6.61 Å². The van der Waals surface area contributed by atoms with Crippen molar-refractivity contribution in [2.24, 2.45) is 0 Å². The summed E-state index contributed by atoms with van der Waals surface area (Å²) in [7, 11) is 1.41. The van der Waals surface area contributed by atoms with Crippen LogP contribution in [0.2, 0.25) is 0 Å². The summed E-state index contributed by atoms with van der Waals surface area (Å²) in [5.74, 6) is -1.37. The number of hydrogen-bond donors (Lipinski definition) is 4. The van der Waals surface area contributed by atoms with Crippen molar-refractivity contribution in [2.75, 3.05) is 13.7 Å². The molecule has 1 aliphatic heterocycles. The Labute approximate surface area is 139 Å². The lowest BCUT2D eigenvalue weighted by Crippen LogP contribution is -2.65. The fourth-order valence-corrected chi connectivity index (χ4v) is 3.19. The maximum absolute atomic E-state index is 10.2. The minimum atomic E-state index is -1.39. The second-order valence-electron chi connectivity index (χ2n) is 6.51. The molecule has 6 nitrogen and oxygen atoms in total. The van der Waals surface area contributed by atoms with Gasteiger partial charge in [-0.3, -0.25) is 0 Å². The van der Waals surface area contributed by atoms with E-state index >= 15 is 0 Å². The van der Waals surface area contributed by atoms with Crippen LogP contribution in [0, 0.1) is 0 Å². The van der Waals surface area contributed by atoms with E-state index in [9.17, 15) is 20.4 Å². The Hall–Kier alpha value is -0.240. The molecule has 0 bridgehead atoms. The Kier molecular flexibility index (Phi) is 9.58. The zero-order chi connectivity index (χ0) is 17.3. The average Bonchev–Trinajstić information content (AvgIpc) is 2.57. The summed E-state index contributed by atoms with van der Waals surface area (Å²) in [6.45, 7) is 1.76. The third kappa shape index (κ3) is 5.66. The van der Waals surface area contributed by atoms with Gasteiger partial charge in [0.2, 0.25) is 0 Å². The molecule has 0 unspecified atom stereocenters. The van der Waals surface area contributed by atoms with Crippen LogP contribution in [-0.2, 0) is 9.47 Å². The maximum Gasteiger partial charge on any atom is 0.197 e. The van der Waals surface area contributed by atoms with Crippen LogP contribution >= 0.6 is 0 Å². The molecule has 0 aromatic rings. The number of unbranched alkanes of at least 4 members (excludes halogenated alkanes) is 7. The van der Waals surface area contributed by atoms with Crippen LogP contribution in [0.3, 0.4) is 0 Å². The van der Waals surface area contributed by atoms with Gasteiger partial charge in [0.1, 0.15) is 24.4 Å². The van der Waals surface area contributed by atoms with Crippen LogP contribution in [-0.4, -0.2) is 64.3 Å². The SMILES string of the molecule is CCCCCCCCCC[C@]1(OC)O[C@H](CO)[C@H](O)[C@H](O)[C@H]1O. The van der Waals surface area contributed by atoms with Crippen molar-refractivity contribution in [3.63, 3.8) is 0 Å². The van der Waals surface area contributed by atoms with Crippen molar-refractivity contribution in [2.45, 2.75) is 94.9 Å². The molecular weight excluding hydrogens is 300 g/mol. The van der Waals surface area contributed by atoms with Crippen LogP contribution in [0.25, 0.3) is 0 Å². The van der Waals surface area contributed by atoms with E-state index in [2.05, 4.69) is 6.92 Å². The number of rotatable bonds is 11. The van der Waals surface area contributed by atoms with Crippen molar-refractivity contribution < 1.29 is 29.9 Å². The van der Waals surface area contributed by atoms with Crippen LogP contribution in [0.4, 0.5) is 0 Å². The number of methoxy groups -OCH3 is 1. The first-order chi connectivity index (χ1) is 11.0. The van der Waals surface area contributed by atoms with Crippen molar-refractivity contribution >= 4 is 0 Å². The molecule has 5 atom stereocenters. The van der Waals surface area contributed by atoms with E-state index < -0.39 is 36.8 Å². The first-order valence-corrected chi connectivity index (χ1v) is 8.90. The molecule has 4 N–H and O–H groups in total. The molecule has 0 aromatic heterocycles. The molecule has 0 amide bonds. The summed E-state index contributed by atoms with van der Waals surface area (Å²) in [5, 5.41) is 39.3. The lowest BCUT2D eigenvalue weighted by atomic mass is 9.89. The van der Waals surface area contributed by atoms with E-state index in [0.29, 0.717) is 6.42 Å². The van der Waals surface area contributed by atoms with Gasteiger partial charge in [0.15, 0.2) is 5.79 Å². The van der Waals surface area contributed by atoms with Crippen molar-refractivity contribution in [1.29, 1.82) is 0 Å². The van der Waals surface area contributed by atoms with Crippen LogP contribution in [0.15, 0.2) is 0 Å². The van der Waals surface area contributed by atoms with Crippen molar-refractivity contribution in [3.05, 3.63) is 0 Å². The average molecular weight is 334 g/mol. The van der Waals surface area contributed by atoms with Gasteiger partial charge < -0.3 is 29.9 Å². The summed E-state index contributed by atoms with van der Waals surface area (Å²) < 4.78 is 10.9. The van der Waals surface area contributed by atoms with Gasteiger partial charge in [-0.25, -0.2) is 0 Å². The lowest BCUT2D eigenvalue weighted by molar-refractivity contribution is -0.359. The maximum atomic E-state index is 10.2. The van der Waals surface area contributed by atoms with Crippen LogP contribution in [0.5, 0.6) is 0 Å². The standard InChI is InChI=1S/C17H34O6/c1-3-4-5-6-7-8-9-10-11-17(22-2)16(21)15(20)14(19)13(12-18)23-17/h13-16,18-21H,3-12H2,1-2H3/t13-,14+,15+,16-,17+/m1/s1. The number of hydrogen-bond acceptors (Lipinski definition) is 6. The van der Waals surface area contributed by atoms with Gasteiger partial charge in [0.25, 0.3) is 0 Å². The Bertz CT molecular complexity index is 311. The minimum absolute atomic E-state index is 0.417. The molecule has 1 fully saturated rings. The summed E-state index contributed by atoms with van der Waals surface area (Å²) in [4.78, 5) is 0. The molecule has 0 aliphatic carbocycles. The molecule has 23 heavy (non-hydrogen) atoms. The van der Waals surface area contributed by atoms with Crippen molar-refractivity contribution in [3.8, 4) is 0 Å². The second-order valence-corrected chi connectivity index (χ2v) is 6.51. The first-order valence-electron chi connectivity index (χ1n) is 8.90. The highest BCUT2D eigenvalue weighted by Gasteiger charge is 2.53. The molecule has 1 aliphatic rings. The molecule has 0 radical (unpaired) electrons. The molecular formula is C17H34O6. The molecule has 1 saturated heterocycles. The summed E-state index contributed by atoms with van der Waals surface area (Å²) in [6, 6.07) is 0. The lowest BCUT2D eigenvalue weighted by Gasteiger charge is -2.47. The summed E-state index contributed by atoms with van der Waals surface area (Å²) in [6.07, 6.45) is 4.57. The Balaban J connectivity index is 2.41. The fourth-order valence-electron chi connectivity index (χ4n) is 3.19. The molecule has 0 spiro atoms. The first kappa shape index (κ1) is 20.8. The largest absolute Gasteiger partial charge is 0.394 e. The highest BCUT2D eigenvalue weighted by Crippen LogP contribution is 2.35. The molecule has 0 saturated carbocycles. The van der Waals surface area contributed by atoms with E-state index in [1.165, 1.54) is 39.2 Å². The van der Waals surface area contributed by atoms with Gasteiger partial charge in [-0.15, -0.1) is 0 Å². The Morgan fingerprint density at radius 3 is 2.00 bits per heavy atom. The highest BCUT2D eigenvalue weighted by molar-refractivity contribution is 4.96. The van der Waals surface area contributed by atoms with Crippen molar-refractivity contribution in [1.82, 2.24) is 0 Å². The predicted molar refractivity (Wildman–Crippen MR) is 86.9 cm³/mol. The van der Waals surface area contributed by atoms with E-state index in [-0.39, 0.29) is 0 Å². The monoisotopic (exact) mass is 334 g/mol. The van der Waals surface area contributed by atoms with Gasteiger partial charge >= 0.3 is 0 Å². The third-order valence-electron chi connectivity index (χ3n) is 4.76. The van der Waals surface area contributed by atoms with Gasteiger partial charge in [-0.05, 0) is 6.42 Å². The molecule has 1 heterocycles. The normalized spacial score (nSPS) is 34.7. The number of ether oxygens (including phenoxy) is 2. The van der Waals surface area contributed by atoms with E-state index in [1.807, 2.05) is 0 Å². The molecule has 0 aromatic carbocycles. The minimum Gasteiger partial charge on any atom is -0.394 e. The zero-order valence-electron chi connectivity index (χ0n) is 14.5. The quantitative estimate of drug-likeness (QED) is 0.426. The van der Waals surface area contributed by atoms with Crippen LogP contribution in [0.1, 0.15) is 64.7 Å². The number of aliphatic hydroxyl groups is 4. The third-order valence-corrected chi connectivity index (χ3v) is 4.76. The second kappa shape index (κ2) is 10.6. The predicted octanol–water partition coefficient (Wildman–Crippen LogP) is 1.33. The topological polar surface area (TPSA) is 99.4 Å². The van der Waals surface area contributed by atoms with E-state index in [1.54, 1.807) is 0 Å². The zero-order valence-corrected chi connectivity index (χ0v) is 14.5. The highest BCUT2D eigenvalue weighted by atomic mass is 16.7. The van der Waals surface area contributed by atoms with E-state index in [4.69, 9.17) is 9.47 Å². The van der Waals surface area contributed by atoms with Gasteiger partial charge in [-0.2, -0.15) is 0 Å². The molecule has 1 rings (SSSR count). The van der Waals surface area contributed by atoms with E-state index in [0.717, 1.165) is 19.3 Å². The molecule has 6 heteroatoms. The Morgan fingerprint density at radius 1 is 0.913 bits per heavy atom. The van der Waals surface area contributed by atoms with Crippen LogP contribution < -0.4 is 0 Å². The smallest absolute Gasteiger partial charge is 0.197 e.